The molecule has 1 aromatic rings. The fourth-order valence-electron chi connectivity index (χ4n) is 1.66. The Hall–Kier alpha value is -0.710. The molecule has 0 unspecified atom stereocenters. The summed E-state index contributed by atoms with van der Waals surface area (Å²) >= 11 is -0.311. The number of alkyl halides is 3. The first-order chi connectivity index (χ1) is 9.08. The smallest absolute Gasteiger partial charge is 0.441 e. The lowest BCUT2D eigenvalue weighted by Gasteiger charge is -2.08. The summed E-state index contributed by atoms with van der Waals surface area (Å²) in [5.41, 5.74) is -4.29. The van der Waals surface area contributed by atoms with Crippen LogP contribution in [0.3, 0.4) is 0 Å². The van der Waals surface area contributed by atoms with E-state index >= 15 is 0 Å². The van der Waals surface area contributed by atoms with Gasteiger partial charge in [-0.15, -0.1) is 0 Å². The molecule has 0 saturated heterocycles. The van der Waals surface area contributed by atoms with Gasteiger partial charge < -0.3 is 9.52 Å². The fraction of sp³-hybridized carbons (Fsp3) is 0.600. The van der Waals surface area contributed by atoms with Crippen LogP contribution in [-0.4, -0.2) is 31.3 Å². The molecule has 116 valence electrons. The van der Waals surface area contributed by atoms with Crippen LogP contribution in [0.5, 0.6) is 0 Å². The van der Waals surface area contributed by atoms with Gasteiger partial charge in [0.2, 0.25) is 10.0 Å². The predicted molar refractivity (Wildman–Crippen MR) is 67.8 cm³/mol. The Balaban J connectivity index is 2.80. The Kier molecular flexibility index (Phi) is 5.53. The maximum atomic E-state index is 12.0. The standard InChI is InChI=1S/C10H14F3NO4S2/c1-6-8(5-15)9(7(2)18-6)20(16,17)14-3-4-19-10(11,12)13/h14-15H,3-5H2,1-2H3. The maximum Gasteiger partial charge on any atom is 0.441 e. The van der Waals surface area contributed by atoms with Gasteiger partial charge in [0.1, 0.15) is 16.4 Å². The van der Waals surface area contributed by atoms with Crippen molar-refractivity contribution in [2.24, 2.45) is 0 Å². The molecule has 0 aliphatic carbocycles. The number of aliphatic hydroxyl groups excluding tert-OH is 1. The quantitative estimate of drug-likeness (QED) is 0.778. The summed E-state index contributed by atoms with van der Waals surface area (Å²) in [5, 5.41) is 9.15. The van der Waals surface area contributed by atoms with Crippen LogP contribution in [0, 0.1) is 13.8 Å². The van der Waals surface area contributed by atoms with Crippen molar-refractivity contribution >= 4 is 21.8 Å². The second kappa shape index (κ2) is 6.37. The third-order valence-corrected chi connectivity index (χ3v) is 4.80. The maximum absolute atomic E-state index is 12.0. The Morgan fingerprint density at radius 3 is 2.40 bits per heavy atom. The summed E-state index contributed by atoms with van der Waals surface area (Å²) < 4.78 is 66.9. The van der Waals surface area contributed by atoms with Crippen molar-refractivity contribution in [1.82, 2.24) is 4.72 Å². The third kappa shape index (κ3) is 4.40. The van der Waals surface area contributed by atoms with Crippen molar-refractivity contribution in [3.8, 4) is 0 Å². The van der Waals surface area contributed by atoms with Crippen molar-refractivity contribution in [2.75, 3.05) is 12.3 Å². The summed E-state index contributed by atoms with van der Waals surface area (Å²) in [6, 6.07) is 0. The van der Waals surface area contributed by atoms with Crippen LogP contribution >= 0.6 is 11.8 Å². The summed E-state index contributed by atoms with van der Waals surface area (Å²) in [6.45, 7) is 2.00. The zero-order valence-electron chi connectivity index (χ0n) is 10.7. The van der Waals surface area contributed by atoms with Gasteiger partial charge in [-0.2, -0.15) is 13.2 Å². The number of aliphatic hydroxyl groups is 1. The predicted octanol–water partition coefficient (Wildman–Crippen LogP) is 1.92. The molecule has 0 amide bonds. The minimum atomic E-state index is -4.40. The Morgan fingerprint density at radius 1 is 1.30 bits per heavy atom. The Morgan fingerprint density at radius 2 is 1.90 bits per heavy atom. The van der Waals surface area contributed by atoms with Crippen molar-refractivity contribution in [2.45, 2.75) is 30.9 Å². The molecule has 1 aromatic heterocycles. The second-order valence-corrected chi connectivity index (χ2v) is 6.74. The molecular formula is C10H14F3NO4S2. The lowest BCUT2D eigenvalue weighted by Crippen LogP contribution is -2.27. The first kappa shape index (κ1) is 17.3. The lowest BCUT2D eigenvalue weighted by atomic mass is 10.2. The normalized spacial score (nSPS) is 12.9. The Bertz CT molecular complexity index is 566. The topological polar surface area (TPSA) is 79.5 Å². The van der Waals surface area contributed by atoms with E-state index in [1.54, 1.807) is 0 Å². The average Bonchev–Trinajstić information content (AvgIpc) is 2.58. The number of halogens is 3. The van der Waals surface area contributed by atoms with E-state index in [1.165, 1.54) is 13.8 Å². The summed E-state index contributed by atoms with van der Waals surface area (Å²) in [5.74, 6) is -0.0925. The number of rotatable bonds is 6. The molecule has 1 heterocycles. The molecule has 0 spiro atoms. The molecule has 0 bridgehead atoms. The van der Waals surface area contributed by atoms with Gasteiger partial charge in [-0.1, -0.05) is 0 Å². The molecular weight excluding hydrogens is 319 g/mol. The molecule has 0 fully saturated rings. The van der Waals surface area contributed by atoms with Crippen LogP contribution in [0.25, 0.3) is 0 Å². The number of furan rings is 1. The van der Waals surface area contributed by atoms with E-state index in [4.69, 9.17) is 9.52 Å². The molecule has 0 atom stereocenters. The molecule has 0 radical (unpaired) electrons. The molecule has 5 nitrogen and oxygen atoms in total. The van der Waals surface area contributed by atoms with Crippen molar-refractivity contribution in [3.05, 3.63) is 17.1 Å². The number of hydrogen-bond acceptors (Lipinski definition) is 5. The van der Waals surface area contributed by atoms with Gasteiger partial charge in [-0.25, -0.2) is 13.1 Å². The van der Waals surface area contributed by atoms with E-state index in [0.717, 1.165) is 0 Å². The van der Waals surface area contributed by atoms with E-state index in [0.29, 0.717) is 0 Å². The van der Waals surface area contributed by atoms with E-state index in [-0.39, 0.29) is 40.3 Å². The highest BCUT2D eigenvalue weighted by Gasteiger charge is 2.29. The van der Waals surface area contributed by atoms with Crippen LogP contribution in [0.2, 0.25) is 0 Å². The third-order valence-electron chi connectivity index (χ3n) is 2.41. The average molecular weight is 333 g/mol. The van der Waals surface area contributed by atoms with E-state index < -0.39 is 27.9 Å². The number of thioether (sulfide) groups is 1. The van der Waals surface area contributed by atoms with Gasteiger partial charge in [0.05, 0.1) is 6.61 Å². The fourth-order valence-corrected chi connectivity index (χ4v) is 3.69. The van der Waals surface area contributed by atoms with Crippen LogP contribution in [-0.2, 0) is 16.6 Å². The molecule has 0 aromatic carbocycles. The van der Waals surface area contributed by atoms with Gasteiger partial charge in [-0.05, 0) is 25.6 Å². The first-order valence-electron chi connectivity index (χ1n) is 5.48. The highest BCUT2D eigenvalue weighted by atomic mass is 32.2. The molecule has 0 saturated carbocycles. The van der Waals surface area contributed by atoms with Crippen molar-refractivity contribution in [1.29, 1.82) is 0 Å². The first-order valence-corrected chi connectivity index (χ1v) is 7.95. The summed E-state index contributed by atoms with van der Waals surface area (Å²) in [7, 11) is -4.02. The van der Waals surface area contributed by atoms with Gasteiger partial charge >= 0.3 is 5.51 Å². The summed E-state index contributed by atoms with van der Waals surface area (Å²) in [6.07, 6.45) is 0. The number of nitrogens with one attached hydrogen (secondary N) is 1. The van der Waals surface area contributed by atoms with Crippen LogP contribution in [0.4, 0.5) is 13.2 Å². The zero-order valence-corrected chi connectivity index (χ0v) is 12.4. The van der Waals surface area contributed by atoms with Gasteiger partial charge in [0, 0.05) is 17.9 Å². The minimum Gasteiger partial charge on any atom is -0.465 e. The monoisotopic (exact) mass is 333 g/mol. The highest BCUT2D eigenvalue weighted by molar-refractivity contribution is 8.00. The lowest BCUT2D eigenvalue weighted by molar-refractivity contribution is -0.0327. The van der Waals surface area contributed by atoms with Gasteiger partial charge in [0.25, 0.3) is 0 Å². The minimum absolute atomic E-state index is 0.0857. The van der Waals surface area contributed by atoms with Gasteiger partial charge in [0.15, 0.2) is 0 Å². The molecule has 1 rings (SSSR count). The second-order valence-electron chi connectivity index (χ2n) is 3.87. The molecule has 2 N–H and O–H groups in total. The SMILES string of the molecule is Cc1oc(C)c(S(=O)(=O)NCCSC(F)(F)F)c1CO. The van der Waals surface area contributed by atoms with Crippen LogP contribution in [0.15, 0.2) is 9.31 Å². The highest BCUT2D eigenvalue weighted by Crippen LogP contribution is 2.30. The van der Waals surface area contributed by atoms with Crippen LogP contribution in [0.1, 0.15) is 17.1 Å². The van der Waals surface area contributed by atoms with Crippen molar-refractivity contribution < 1.29 is 31.1 Å². The zero-order chi connectivity index (χ0) is 15.6. The van der Waals surface area contributed by atoms with E-state index in [9.17, 15) is 21.6 Å². The molecule has 10 heteroatoms. The molecule has 0 aliphatic heterocycles. The van der Waals surface area contributed by atoms with Gasteiger partial charge in [-0.3, -0.25) is 0 Å². The Labute approximate surface area is 118 Å². The van der Waals surface area contributed by atoms with Crippen molar-refractivity contribution in [3.63, 3.8) is 0 Å². The summed E-state index contributed by atoms with van der Waals surface area (Å²) in [4.78, 5) is -0.213. The molecule has 0 aliphatic rings. The van der Waals surface area contributed by atoms with E-state index in [2.05, 4.69) is 4.72 Å². The van der Waals surface area contributed by atoms with Crippen LogP contribution < -0.4 is 4.72 Å². The number of aryl methyl sites for hydroxylation is 2. The molecule has 20 heavy (non-hydrogen) atoms. The number of hydrogen-bond donors (Lipinski definition) is 2. The largest absolute Gasteiger partial charge is 0.465 e. The number of sulfonamides is 1. The van der Waals surface area contributed by atoms with E-state index in [1.807, 2.05) is 0 Å².